The fourth-order valence-electron chi connectivity index (χ4n) is 2.06. The maximum Gasteiger partial charge on any atom is 0.0447 e. The van der Waals surface area contributed by atoms with Crippen LogP contribution in [0.4, 0.5) is 0 Å². The highest BCUT2D eigenvalue weighted by atomic mass is 15.1. The number of hydrogen-bond donors (Lipinski definition) is 2. The lowest BCUT2D eigenvalue weighted by Gasteiger charge is -2.14. The maximum absolute atomic E-state index is 3.71. The van der Waals surface area contributed by atoms with Gasteiger partial charge in [-0.05, 0) is 32.4 Å². The molecule has 0 spiro atoms. The number of rotatable bonds is 4. The molecule has 1 heterocycles. The van der Waals surface area contributed by atoms with Crippen molar-refractivity contribution < 1.29 is 0 Å². The van der Waals surface area contributed by atoms with Gasteiger partial charge in [0.15, 0.2) is 0 Å². The summed E-state index contributed by atoms with van der Waals surface area (Å²) in [5, 5.41) is 6.92. The molecular formula is C10H17N3. The Kier molecular flexibility index (Phi) is 2.36. The van der Waals surface area contributed by atoms with E-state index in [1.807, 2.05) is 6.92 Å². The summed E-state index contributed by atoms with van der Waals surface area (Å²) >= 11 is 0. The lowest BCUT2D eigenvalue weighted by molar-refractivity contribution is 0.516. The third-order valence-electron chi connectivity index (χ3n) is 2.87. The molecule has 0 radical (unpaired) electrons. The summed E-state index contributed by atoms with van der Waals surface area (Å²) in [7, 11) is 0. The van der Waals surface area contributed by atoms with Crippen molar-refractivity contribution in [2.75, 3.05) is 6.54 Å². The first-order valence-electron chi connectivity index (χ1n) is 4.92. The Morgan fingerprint density at radius 1 is 1.69 bits per heavy atom. The summed E-state index contributed by atoms with van der Waals surface area (Å²) in [5.74, 6) is 0.980. The summed E-state index contributed by atoms with van der Waals surface area (Å²) < 4.78 is 0. The zero-order valence-electron chi connectivity index (χ0n) is 8.09. The second-order valence-electron chi connectivity index (χ2n) is 4.08. The van der Waals surface area contributed by atoms with Gasteiger partial charge in [0.1, 0.15) is 0 Å². The largest absolute Gasteiger partial charge is 0.386 e. The summed E-state index contributed by atoms with van der Waals surface area (Å²) in [6.07, 6.45) is 4.50. The molecule has 0 aromatic carbocycles. The SMILES string of the molecule is C=N/C=C(/C)NCC1CC2CC2N1. The molecule has 0 amide bonds. The highest BCUT2D eigenvalue weighted by molar-refractivity contribution is 5.26. The lowest BCUT2D eigenvalue weighted by Crippen LogP contribution is -2.35. The molecule has 13 heavy (non-hydrogen) atoms. The number of hydrogen-bond acceptors (Lipinski definition) is 3. The van der Waals surface area contributed by atoms with E-state index in [1.54, 1.807) is 6.20 Å². The van der Waals surface area contributed by atoms with Crippen LogP contribution in [0, 0.1) is 5.92 Å². The van der Waals surface area contributed by atoms with Crippen LogP contribution in [0.3, 0.4) is 0 Å². The van der Waals surface area contributed by atoms with E-state index in [4.69, 9.17) is 0 Å². The molecule has 2 fully saturated rings. The average Bonchev–Trinajstić information content (AvgIpc) is 2.72. The van der Waals surface area contributed by atoms with E-state index >= 15 is 0 Å². The van der Waals surface area contributed by atoms with Crippen molar-refractivity contribution in [1.29, 1.82) is 0 Å². The van der Waals surface area contributed by atoms with Crippen LogP contribution in [-0.4, -0.2) is 25.3 Å². The fraction of sp³-hybridized carbons (Fsp3) is 0.700. The zero-order valence-corrected chi connectivity index (χ0v) is 8.09. The molecule has 0 aromatic rings. The van der Waals surface area contributed by atoms with E-state index in [0.717, 1.165) is 24.2 Å². The van der Waals surface area contributed by atoms with Crippen LogP contribution in [0.2, 0.25) is 0 Å². The van der Waals surface area contributed by atoms with Gasteiger partial charge < -0.3 is 10.6 Å². The van der Waals surface area contributed by atoms with Crippen molar-refractivity contribution >= 4 is 6.72 Å². The van der Waals surface area contributed by atoms with Crippen LogP contribution in [0.25, 0.3) is 0 Å². The van der Waals surface area contributed by atoms with Gasteiger partial charge in [0, 0.05) is 30.5 Å². The standard InChI is InChI=1S/C10H17N3/c1-7(5-11-2)12-6-9-3-8-4-10(8)13-9/h5,8-10,12-13H,2-4,6H2,1H3/b7-5-. The van der Waals surface area contributed by atoms with E-state index in [9.17, 15) is 0 Å². The maximum atomic E-state index is 3.71. The van der Waals surface area contributed by atoms with Crippen LogP contribution >= 0.6 is 0 Å². The molecule has 2 aliphatic rings. The van der Waals surface area contributed by atoms with Crippen molar-refractivity contribution in [3.8, 4) is 0 Å². The molecule has 1 saturated heterocycles. The number of allylic oxidation sites excluding steroid dienone is 1. The van der Waals surface area contributed by atoms with Gasteiger partial charge in [0.2, 0.25) is 0 Å². The first-order valence-corrected chi connectivity index (χ1v) is 4.92. The van der Waals surface area contributed by atoms with E-state index in [2.05, 4.69) is 22.3 Å². The van der Waals surface area contributed by atoms with Gasteiger partial charge in [-0.1, -0.05) is 0 Å². The van der Waals surface area contributed by atoms with Crippen molar-refractivity contribution in [3.05, 3.63) is 11.9 Å². The van der Waals surface area contributed by atoms with E-state index in [0.29, 0.717) is 6.04 Å². The monoisotopic (exact) mass is 179 g/mol. The third-order valence-corrected chi connectivity index (χ3v) is 2.87. The molecule has 3 unspecified atom stereocenters. The molecule has 2 N–H and O–H groups in total. The van der Waals surface area contributed by atoms with Crippen molar-refractivity contribution in [2.24, 2.45) is 10.9 Å². The van der Waals surface area contributed by atoms with Gasteiger partial charge in [-0.3, -0.25) is 4.99 Å². The second-order valence-corrected chi connectivity index (χ2v) is 4.08. The molecule has 1 aliphatic carbocycles. The predicted molar refractivity (Wildman–Crippen MR) is 54.7 cm³/mol. The van der Waals surface area contributed by atoms with Crippen molar-refractivity contribution in [1.82, 2.24) is 10.6 Å². The van der Waals surface area contributed by atoms with Crippen LogP contribution in [0.1, 0.15) is 19.8 Å². The number of nitrogens with zero attached hydrogens (tertiary/aromatic N) is 1. The molecule has 2 rings (SSSR count). The first kappa shape index (κ1) is 8.75. The Morgan fingerprint density at radius 2 is 2.54 bits per heavy atom. The van der Waals surface area contributed by atoms with E-state index in [1.165, 1.54) is 12.8 Å². The Bertz CT molecular complexity index is 224. The summed E-state index contributed by atoms with van der Waals surface area (Å²) in [6.45, 7) is 6.45. The van der Waals surface area contributed by atoms with Gasteiger partial charge in [0.25, 0.3) is 0 Å². The molecule has 3 heteroatoms. The minimum absolute atomic E-state index is 0.664. The average molecular weight is 179 g/mol. The quantitative estimate of drug-likeness (QED) is 0.629. The van der Waals surface area contributed by atoms with Crippen LogP contribution < -0.4 is 10.6 Å². The number of aliphatic imine (C=N–C) groups is 1. The number of nitrogens with one attached hydrogen (secondary N) is 2. The van der Waals surface area contributed by atoms with Crippen LogP contribution in [-0.2, 0) is 0 Å². The lowest BCUT2D eigenvalue weighted by atomic mass is 10.2. The molecule has 0 aromatic heterocycles. The normalized spacial score (nSPS) is 37.0. The fourth-order valence-corrected chi connectivity index (χ4v) is 2.06. The smallest absolute Gasteiger partial charge is 0.0447 e. The minimum atomic E-state index is 0.664. The Morgan fingerprint density at radius 3 is 3.15 bits per heavy atom. The van der Waals surface area contributed by atoms with Crippen molar-refractivity contribution in [2.45, 2.75) is 31.8 Å². The van der Waals surface area contributed by atoms with E-state index in [-0.39, 0.29) is 0 Å². The Balaban J connectivity index is 1.68. The van der Waals surface area contributed by atoms with Gasteiger partial charge in [-0.15, -0.1) is 0 Å². The number of fused-ring (bicyclic) bond motifs is 1. The van der Waals surface area contributed by atoms with Crippen LogP contribution in [0.15, 0.2) is 16.9 Å². The van der Waals surface area contributed by atoms with E-state index < -0.39 is 0 Å². The highest BCUT2D eigenvalue weighted by Crippen LogP contribution is 2.40. The topological polar surface area (TPSA) is 36.4 Å². The molecule has 1 aliphatic heterocycles. The first-order chi connectivity index (χ1) is 6.29. The summed E-state index contributed by atoms with van der Waals surface area (Å²) in [6, 6.07) is 1.51. The molecular weight excluding hydrogens is 162 g/mol. The molecule has 3 atom stereocenters. The third kappa shape index (κ3) is 2.10. The molecule has 0 bridgehead atoms. The molecule has 3 nitrogen and oxygen atoms in total. The number of piperidine rings is 1. The summed E-state index contributed by atoms with van der Waals surface area (Å²) in [4.78, 5) is 3.71. The van der Waals surface area contributed by atoms with Gasteiger partial charge in [-0.2, -0.15) is 0 Å². The molecule has 1 saturated carbocycles. The Hall–Kier alpha value is -0.830. The molecule has 72 valence electrons. The second kappa shape index (κ2) is 3.50. The Labute approximate surface area is 79.3 Å². The minimum Gasteiger partial charge on any atom is -0.386 e. The van der Waals surface area contributed by atoms with Gasteiger partial charge in [-0.25, -0.2) is 0 Å². The van der Waals surface area contributed by atoms with Gasteiger partial charge >= 0.3 is 0 Å². The predicted octanol–water partition coefficient (Wildman–Crippen LogP) is 0.888. The van der Waals surface area contributed by atoms with Crippen molar-refractivity contribution in [3.63, 3.8) is 0 Å². The summed E-state index contributed by atoms with van der Waals surface area (Å²) in [5.41, 5.74) is 1.09. The highest BCUT2D eigenvalue weighted by Gasteiger charge is 2.45. The zero-order chi connectivity index (χ0) is 9.26. The van der Waals surface area contributed by atoms with Crippen LogP contribution in [0.5, 0.6) is 0 Å². The van der Waals surface area contributed by atoms with Gasteiger partial charge in [0.05, 0.1) is 0 Å².